The number of halogens is 1. The topological polar surface area (TPSA) is 58.2 Å². The number of nitrogens with one attached hydrogen (secondary N) is 2. The van der Waals surface area contributed by atoms with E-state index in [9.17, 15) is 9.59 Å². The van der Waals surface area contributed by atoms with Crippen LogP contribution in [0.15, 0.2) is 53.0 Å². The summed E-state index contributed by atoms with van der Waals surface area (Å²) in [5.74, 6) is -0.685. The predicted octanol–water partition coefficient (Wildman–Crippen LogP) is 3.72. The van der Waals surface area contributed by atoms with E-state index in [4.69, 9.17) is 0 Å². The second-order valence-electron chi connectivity index (χ2n) is 4.65. The first-order valence-corrected chi connectivity index (χ1v) is 7.24. The molecule has 0 aliphatic carbocycles. The van der Waals surface area contributed by atoms with Gasteiger partial charge in [0.15, 0.2) is 0 Å². The van der Waals surface area contributed by atoms with Crippen LogP contribution in [-0.4, -0.2) is 11.8 Å². The number of aryl methyl sites for hydroxylation is 1. The van der Waals surface area contributed by atoms with Crippen molar-refractivity contribution < 1.29 is 9.59 Å². The lowest BCUT2D eigenvalue weighted by molar-refractivity contribution is -0.123. The Hall–Kier alpha value is -2.14. The number of anilines is 2. The second-order valence-corrected chi connectivity index (χ2v) is 5.56. The van der Waals surface area contributed by atoms with Crippen LogP contribution in [0.25, 0.3) is 0 Å². The molecule has 0 fully saturated rings. The number of hydrogen-bond donors (Lipinski definition) is 2. The first-order valence-electron chi connectivity index (χ1n) is 6.45. The van der Waals surface area contributed by atoms with Crippen molar-refractivity contribution in [3.05, 3.63) is 58.6 Å². The zero-order valence-electron chi connectivity index (χ0n) is 11.5. The number of carbonyl (C=O) groups is 2. The Labute approximate surface area is 131 Å². The van der Waals surface area contributed by atoms with Crippen molar-refractivity contribution >= 4 is 39.1 Å². The molecule has 2 rings (SSSR count). The van der Waals surface area contributed by atoms with Gasteiger partial charge in [-0.1, -0.05) is 33.6 Å². The lowest BCUT2D eigenvalue weighted by Crippen LogP contribution is -2.21. The normalized spacial score (nSPS) is 10.0. The van der Waals surface area contributed by atoms with Gasteiger partial charge >= 0.3 is 0 Å². The third-order valence-corrected chi connectivity index (χ3v) is 3.31. The van der Waals surface area contributed by atoms with Gasteiger partial charge in [0.1, 0.15) is 6.42 Å². The third kappa shape index (κ3) is 5.04. The molecule has 21 heavy (non-hydrogen) atoms. The number of hydrogen-bond acceptors (Lipinski definition) is 2. The SMILES string of the molecule is Cc1ccc(NC(=O)CC(=O)Nc2ccc(Br)cc2)cc1. The van der Waals surface area contributed by atoms with Crippen molar-refractivity contribution in [3.8, 4) is 0 Å². The minimum Gasteiger partial charge on any atom is -0.326 e. The summed E-state index contributed by atoms with van der Waals surface area (Å²) in [6.45, 7) is 1.97. The molecule has 2 N–H and O–H groups in total. The van der Waals surface area contributed by atoms with Gasteiger partial charge in [0, 0.05) is 15.8 Å². The van der Waals surface area contributed by atoms with Gasteiger partial charge in [-0.15, -0.1) is 0 Å². The molecule has 0 unspecified atom stereocenters. The van der Waals surface area contributed by atoms with E-state index in [1.54, 1.807) is 24.3 Å². The van der Waals surface area contributed by atoms with Crippen molar-refractivity contribution in [2.24, 2.45) is 0 Å². The molecule has 0 radical (unpaired) electrons. The zero-order chi connectivity index (χ0) is 15.2. The van der Waals surface area contributed by atoms with Crippen LogP contribution >= 0.6 is 15.9 Å². The fraction of sp³-hybridized carbons (Fsp3) is 0.125. The zero-order valence-corrected chi connectivity index (χ0v) is 13.1. The van der Waals surface area contributed by atoms with Gasteiger partial charge < -0.3 is 10.6 Å². The highest BCUT2D eigenvalue weighted by atomic mass is 79.9. The van der Waals surface area contributed by atoms with E-state index in [0.717, 1.165) is 10.0 Å². The molecule has 2 amide bonds. The summed E-state index contributed by atoms with van der Waals surface area (Å²) < 4.78 is 0.928. The fourth-order valence-electron chi connectivity index (χ4n) is 1.73. The van der Waals surface area contributed by atoms with Crippen molar-refractivity contribution in [3.63, 3.8) is 0 Å². The Morgan fingerprint density at radius 1 is 0.857 bits per heavy atom. The Morgan fingerprint density at radius 2 is 1.29 bits per heavy atom. The van der Waals surface area contributed by atoms with Crippen LogP contribution in [-0.2, 0) is 9.59 Å². The van der Waals surface area contributed by atoms with E-state index in [2.05, 4.69) is 26.6 Å². The highest BCUT2D eigenvalue weighted by Crippen LogP contribution is 2.14. The van der Waals surface area contributed by atoms with Crippen molar-refractivity contribution in [2.75, 3.05) is 10.6 Å². The summed E-state index contributed by atoms with van der Waals surface area (Å²) in [6.07, 6.45) is -0.218. The Morgan fingerprint density at radius 3 is 1.76 bits per heavy atom. The van der Waals surface area contributed by atoms with Crippen LogP contribution in [0.3, 0.4) is 0 Å². The van der Waals surface area contributed by atoms with E-state index in [1.165, 1.54) is 0 Å². The summed E-state index contributed by atoms with van der Waals surface area (Å²) in [6, 6.07) is 14.6. The van der Waals surface area contributed by atoms with Gasteiger partial charge in [-0.05, 0) is 43.3 Å². The van der Waals surface area contributed by atoms with Crippen LogP contribution in [0.5, 0.6) is 0 Å². The fourth-order valence-corrected chi connectivity index (χ4v) is 1.99. The molecule has 0 atom stereocenters. The highest BCUT2D eigenvalue weighted by molar-refractivity contribution is 9.10. The third-order valence-electron chi connectivity index (χ3n) is 2.78. The van der Waals surface area contributed by atoms with Crippen LogP contribution in [0.4, 0.5) is 11.4 Å². The van der Waals surface area contributed by atoms with Gasteiger partial charge in [-0.2, -0.15) is 0 Å². The average molecular weight is 347 g/mol. The van der Waals surface area contributed by atoms with Gasteiger partial charge in [-0.25, -0.2) is 0 Å². The highest BCUT2D eigenvalue weighted by Gasteiger charge is 2.09. The molecule has 0 spiro atoms. The van der Waals surface area contributed by atoms with E-state index in [1.807, 2.05) is 31.2 Å². The number of carbonyl (C=O) groups excluding carboxylic acids is 2. The number of rotatable bonds is 4. The van der Waals surface area contributed by atoms with Crippen molar-refractivity contribution in [1.82, 2.24) is 0 Å². The lowest BCUT2D eigenvalue weighted by atomic mass is 10.2. The van der Waals surface area contributed by atoms with Crippen molar-refractivity contribution in [1.29, 1.82) is 0 Å². The predicted molar refractivity (Wildman–Crippen MR) is 87.2 cm³/mol. The van der Waals surface area contributed by atoms with Crippen LogP contribution in [0.2, 0.25) is 0 Å². The summed E-state index contributed by atoms with van der Waals surface area (Å²) in [7, 11) is 0. The largest absolute Gasteiger partial charge is 0.326 e. The Kier molecular flexibility index (Phi) is 5.11. The molecular formula is C16H15BrN2O2. The maximum atomic E-state index is 11.8. The van der Waals surface area contributed by atoms with Crippen molar-refractivity contribution in [2.45, 2.75) is 13.3 Å². The standard InChI is InChI=1S/C16H15BrN2O2/c1-11-2-6-13(7-3-11)18-15(20)10-16(21)19-14-8-4-12(17)5-9-14/h2-9H,10H2,1H3,(H,18,20)(H,19,21). The maximum Gasteiger partial charge on any atom is 0.233 e. The maximum absolute atomic E-state index is 11.8. The molecule has 0 heterocycles. The molecule has 0 saturated heterocycles. The van der Waals surface area contributed by atoms with Crippen LogP contribution in [0.1, 0.15) is 12.0 Å². The minimum atomic E-state index is -0.345. The first-order chi connectivity index (χ1) is 10.0. The molecule has 0 aromatic heterocycles. The smallest absolute Gasteiger partial charge is 0.233 e. The number of benzene rings is 2. The van der Waals surface area contributed by atoms with Gasteiger partial charge in [0.05, 0.1) is 0 Å². The lowest BCUT2D eigenvalue weighted by Gasteiger charge is -2.07. The second kappa shape index (κ2) is 7.04. The van der Waals surface area contributed by atoms with E-state index in [-0.39, 0.29) is 18.2 Å². The molecular weight excluding hydrogens is 332 g/mol. The van der Waals surface area contributed by atoms with E-state index in [0.29, 0.717) is 11.4 Å². The minimum absolute atomic E-state index is 0.218. The molecule has 0 aliphatic rings. The summed E-state index contributed by atoms with van der Waals surface area (Å²) in [4.78, 5) is 23.5. The van der Waals surface area contributed by atoms with Gasteiger partial charge in [0.2, 0.25) is 11.8 Å². The monoisotopic (exact) mass is 346 g/mol. The van der Waals surface area contributed by atoms with Gasteiger partial charge in [-0.3, -0.25) is 9.59 Å². The summed E-state index contributed by atoms with van der Waals surface area (Å²) in [5.41, 5.74) is 2.45. The molecule has 108 valence electrons. The molecule has 5 heteroatoms. The molecule has 2 aromatic rings. The number of amides is 2. The van der Waals surface area contributed by atoms with Gasteiger partial charge in [0.25, 0.3) is 0 Å². The van der Waals surface area contributed by atoms with E-state index < -0.39 is 0 Å². The Bertz CT molecular complexity index is 579. The Balaban J connectivity index is 1.85. The quantitative estimate of drug-likeness (QED) is 0.828. The van der Waals surface area contributed by atoms with E-state index >= 15 is 0 Å². The molecule has 4 nitrogen and oxygen atoms in total. The summed E-state index contributed by atoms with van der Waals surface area (Å²) >= 11 is 3.32. The molecule has 2 aromatic carbocycles. The van der Waals surface area contributed by atoms with Crippen LogP contribution in [0, 0.1) is 6.92 Å². The summed E-state index contributed by atoms with van der Waals surface area (Å²) in [5, 5.41) is 5.36. The average Bonchev–Trinajstić information content (AvgIpc) is 2.44. The molecule has 0 bridgehead atoms. The molecule has 0 saturated carbocycles. The first kappa shape index (κ1) is 15.3. The van der Waals surface area contributed by atoms with Crippen LogP contribution < -0.4 is 10.6 Å². The molecule has 0 aliphatic heterocycles.